The molecule has 0 radical (unpaired) electrons. The molecular weight excluding hydrogens is 479 g/mol. The Balaban J connectivity index is 1.36. The Morgan fingerprint density at radius 3 is 1.66 bits per heavy atom. The zero-order valence-corrected chi connectivity index (χ0v) is 21.7. The van der Waals surface area contributed by atoms with Crippen molar-refractivity contribution in [1.29, 1.82) is 0 Å². The fraction of sp³-hybridized carbons (Fsp3) is 0. The summed E-state index contributed by atoms with van der Waals surface area (Å²) >= 11 is 0. The van der Waals surface area contributed by atoms with E-state index in [1.165, 1.54) is 21.5 Å². The van der Waals surface area contributed by atoms with Crippen LogP contribution >= 0.6 is 7.14 Å². The Labute approximate surface area is 222 Å². The van der Waals surface area contributed by atoms with Gasteiger partial charge in [0, 0.05) is 15.9 Å². The largest absolute Gasteiger partial charge is 0.309 e. The predicted octanol–water partition coefficient (Wildman–Crippen LogP) is 8.45. The summed E-state index contributed by atoms with van der Waals surface area (Å²) in [5, 5.41) is 9.77. The summed E-state index contributed by atoms with van der Waals surface area (Å²) in [6.45, 7) is 0. The highest BCUT2D eigenvalue weighted by molar-refractivity contribution is 7.85. The van der Waals surface area contributed by atoms with Crippen LogP contribution in [0.2, 0.25) is 0 Å². The average molecular weight is 505 g/mol. The van der Waals surface area contributed by atoms with Gasteiger partial charge in [0.2, 0.25) is 0 Å². The lowest BCUT2D eigenvalue weighted by Gasteiger charge is -2.21. The van der Waals surface area contributed by atoms with E-state index in [0.717, 1.165) is 37.8 Å². The summed E-state index contributed by atoms with van der Waals surface area (Å²) in [5.41, 5.74) is 2.27. The molecule has 7 aromatic rings. The van der Waals surface area contributed by atoms with Crippen LogP contribution in [0.5, 0.6) is 0 Å². The third-order valence-electron chi connectivity index (χ3n) is 7.53. The second kappa shape index (κ2) is 9.14. The van der Waals surface area contributed by atoms with Gasteiger partial charge in [-0.05, 0) is 55.6 Å². The van der Waals surface area contributed by atoms with Gasteiger partial charge in [0.15, 0.2) is 7.14 Å². The molecule has 38 heavy (non-hydrogen) atoms. The van der Waals surface area contributed by atoms with Gasteiger partial charge in [-0.1, -0.05) is 140 Å². The van der Waals surface area contributed by atoms with Crippen molar-refractivity contribution in [1.82, 2.24) is 0 Å². The van der Waals surface area contributed by atoms with Crippen LogP contribution in [0.1, 0.15) is 0 Å². The van der Waals surface area contributed by atoms with Crippen molar-refractivity contribution in [2.75, 3.05) is 0 Å². The van der Waals surface area contributed by atoms with E-state index in [-0.39, 0.29) is 0 Å². The Morgan fingerprint density at radius 1 is 0.342 bits per heavy atom. The van der Waals surface area contributed by atoms with Crippen LogP contribution in [0.25, 0.3) is 43.4 Å². The van der Waals surface area contributed by atoms with E-state index in [9.17, 15) is 0 Å². The van der Waals surface area contributed by atoms with Crippen molar-refractivity contribution >= 4 is 55.4 Å². The first-order valence-electron chi connectivity index (χ1n) is 12.9. The first-order valence-corrected chi connectivity index (χ1v) is 14.6. The third kappa shape index (κ3) is 3.76. The lowest BCUT2D eigenvalue weighted by atomic mass is 9.97. The van der Waals surface area contributed by atoms with Gasteiger partial charge in [0.1, 0.15) is 0 Å². The van der Waals surface area contributed by atoms with Crippen molar-refractivity contribution in [3.8, 4) is 11.1 Å². The number of rotatable bonds is 4. The standard InChI is InChI=1S/C36H25OP/c37-38(32-11-2-1-3-12-32,34-23-20-26-8-4-5-10-30(26)24-34)33-21-18-27(19-22-33)31-17-16-29-15-14-28-9-6-7-13-35(28)36(29)25-31/h1-25H. The molecule has 0 spiro atoms. The van der Waals surface area contributed by atoms with Crippen molar-refractivity contribution < 1.29 is 4.57 Å². The summed E-state index contributed by atoms with van der Waals surface area (Å²) in [6, 6.07) is 52.1. The Bertz CT molecular complexity index is 1990. The molecule has 0 aliphatic carbocycles. The van der Waals surface area contributed by atoms with Gasteiger partial charge < -0.3 is 4.57 Å². The number of hydrogen-bond donors (Lipinski definition) is 0. The second-order valence-corrected chi connectivity index (χ2v) is 12.5. The molecule has 1 atom stereocenters. The molecule has 180 valence electrons. The Morgan fingerprint density at radius 2 is 0.868 bits per heavy atom. The van der Waals surface area contributed by atoms with Crippen LogP contribution in [0.4, 0.5) is 0 Å². The Hall–Kier alpha value is -4.45. The highest BCUT2D eigenvalue weighted by Crippen LogP contribution is 2.43. The van der Waals surface area contributed by atoms with E-state index < -0.39 is 7.14 Å². The molecule has 1 unspecified atom stereocenters. The molecule has 0 aromatic heterocycles. The molecule has 7 rings (SSSR count). The molecule has 7 aromatic carbocycles. The zero-order chi connectivity index (χ0) is 25.5. The molecule has 0 aliphatic heterocycles. The lowest BCUT2D eigenvalue weighted by Crippen LogP contribution is -2.25. The normalized spacial score (nSPS) is 13.1. The molecule has 0 amide bonds. The lowest BCUT2D eigenvalue weighted by molar-refractivity contribution is 0.592. The monoisotopic (exact) mass is 504 g/mol. The van der Waals surface area contributed by atoms with Crippen molar-refractivity contribution in [2.45, 2.75) is 0 Å². The second-order valence-electron chi connectivity index (χ2n) is 9.75. The van der Waals surface area contributed by atoms with Crippen LogP contribution in [0, 0.1) is 0 Å². The predicted molar refractivity (Wildman–Crippen MR) is 164 cm³/mol. The third-order valence-corrected chi connectivity index (χ3v) is 10.6. The minimum atomic E-state index is -3.06. The molecular formula is C36H25OP. The molecule has 0 saturated carbocycles. The summed E-state index contributed by atoms with van der Waals surface area (Å²) in [5.74, 6) is 0. The van der Waals surface area contributed by atoms with E-state index in [4.69, 9.17) is 0 Å². The molecule has 0 heterocycles. The van der Waals surface area contributed by atoms with Crippen molar-refractivity contribution in [3.05, 3.63) is 152 Å². The zero-order valence-electron chi connectivity index (χ0n) is 20.8. The fourth-order valence-electron chi connectivity index (χ4n) is 5.50. The quantitative estimate of drug-likeness (QED) is 0.174. The van der Waals surface area contributed by atoms with Crippen molar-refractivity contribution in [3.63, 3.8) is 0 Å². The molecule has 0 N–H and O–H groups in total. The molecule has 0 fully saturated rings. The van der Waals surface area contributed by atoms with Crippen LogP contribution in [0.15, 0.2) is 152 Å². The topological polar surface area (TPSA) is 17.1 Å². The average Bonchev–Trinajstić information content (AvgIpc) is 3.00. The summed E-state index contributed by atoms with van der Waals surface area (Å²) in [4.78, 5) is 0. The van der Waals surface area contributed by atoms with E-state index in [2.05, 4.69) is 91.0 Å². The summed E-state index contributed by atoms with van der Waals surface area (Å²) in [7, 11) is -3.06. The maximum atomic E-state index is 15.0. The van der Waals surface area contributed by atoms with E-state index in [1.54, 1.807) is 0 Å². The van der Waals surface area contributed by atoms with Gasteiger partial charge in [-0.3, -0.25) is 0 Å². The van der Waals surface area contributed by atoms with Crippen LogP contribution in [-0.4, -0.2) is 0 Å². The minimum absolute atomic E-state index is 0.842. The SMILES string of the molecule is O=P(c1ccccc1)(c1ccc(-c2ccc3ccc4ccccc4c3c2)cc1)c1ccc2ccccc2c1. The molecule has 0 aliphatic rings. The molecule has 0 bridgehead atoms. The number of fused-ring (bicyclic) bond motifs is 4. The van der Waals surface area contributed by atoms with Gasteiger partial charge in [-0.25, -0.2) is 0 Å². The van der Waals surface area contributed by atoms with Gasteiger partial charge >= 0.3 is 0 Å². The van der Waals surface area contributed by atoms with Crippen LogP contribution in [0.3, 0.4) is 0 Å². The maximum absolute atomic E-state index is 15.0. The van der Waals surface area contributed by atoms with Crippen LogP contribution in [-0.2, 0) is 4.57 Å². The van der Waals surface area contributed by atoms with E-state index >= 15 is 4.57 Å². The molecule has 2 heteroatoms. The minimum Gasteiger partial charge on any atom is -0.309 e. The van der Waals surface area contributed by atoms with Crippen LogP contribution < -0.4 is 15.9 Å². The highest BCUT2D eigenvalue weighted by Gasteiger charge is 2.29. The van der Waals surface area contributed by atoms with E-state index in [1.807, 2.05) is 60.7 Å². The number of benzene rings is 7. The number of hydrogen-bond acceptors (Lipinski definition) is 1. The van der Waals surface area contributed by atoms with Gasteiger partial charge in [0.25, 0.3) is 0 Å². The van der Waals surface area contributed by atoms with Gasteiger partial charge in [-0.15, -0.1) is 0 Å². The summed E-state index contributed by atoms with van der Waals surface area (Å²) in [6.07, 6.45) is 0. The van der Waals surface area contributed by atoms with Crippen molar-refractivity contribution in [2.24, 2.45) is 0 Å². The van der Waals surface area contributed by atoms with E-state index in [0.29, 0.717) is 0 Å². The smallest absolute Gasteiger partial charge is 0.171 e. The molecule has 1 nitrogen and oxygen atoms in total. The van der Waals surface area contributed by atoms with Gasteiger partial charge in [-0.2, -0.15) is 0 Å². The first-order chi connectivity index (χ1) is 18.7. The first kappa shape index (κ1) is 22.7. The maximum Gasteiger partial charge on any atom is 0.171 e. The summed E-state index contributed by atoms with van der Waals surface area (Å²) < 4.78 is 15.0. The van der Waals surface area contributed by atoms with Gasteiger partial charge in [0.05, 0.1) is 0 Å². The molecule has 0 saturated heterocycles. The highest BCUT2D eigenvalue weighted by atomic mass is 31.2. The Kier molecular flexibility index (Phi) is 5.46. The fourth-order valence-corrected chi connectivity index (χ4v) is 8.16.